The third kappa shape index (κ3) is 3.94. The van der Waals surface area contributed by atoms with Crippen LogP contribution in [0.1, 0.15) is 16.7 Å². The van der Waals surface area contributed by atoms with E-state index in [1.807, 2.05) is 26.0 Å². The molecule has 90 valence electrons. The lowest BCUT2D eigenvalue weighted by molar-refractivity contribution is 0.595. The van der Waals surface area contributed by atoms with Gasteiger partial charge in [0, 0.05) is 6.54 Å². The highest BCUT2D eigenvalue weighted by Crippen LogP contribution is 2.12. The molecule has 0 aliphatic carbocycles. The second-order valence-corrected chi connectivity index (χ2v) is 6.42. The van der Waals surface area contributed by atoms with E-state index in [4.69, 9.17) is 5.73 Å². The summed E-state index contributed by atoms with van der Waals surface area (Å²) in [5.74, 6) is 0.270. The molecule has 0 heterocycles. The van der Waals surface area contributed by atoms with Gasteiger partial charge in [-0.2, -0.15) is 0 Å². The van der Waals surface area contributed by atoms with Gasteiger partial charge in [-0.05, 0) is 31.4 Å². The molecule has 0 radical (unpaired) electrons. The number of hydrogen-bond donors (Lipinski definition) is 1. The van der Waals surface area contributed by atoms with E-state index in [9.17, 15) is 8.42 Å². The zero-order chi connectivity index (χ0) is 12.2. The maximum absolute atomic E-state index is 11.5. The van der Waals surface area contributed by atoms with Crippen molar-refractivity contribution in [2.75, 3.05) is 18.1 Å². The zero-order valence-electron chi connectivity index (χ0n) is 9.86. The Labute approximate surface area is 97.6 Å². The fourth-order valence-corrected chi connectivity index (χ4v) is 2.77. The van der Waals surface area contributed by atoms with Gasteiger partial charge in [0.15, 0.2) is 9.84 Å². The van der Waals surface area contributed by atoms with Crippen LogP contribution in [-0.2, 0) is 16.3 Å². The first-order valence-electron chi connectivity index (χ1n) is 5.41. The second-order valence-electron chi connectivity index (χ2n) is 4.12. The molecule has 4 heteroatoms. The van der Waals surface area contributed by atoms with E-state index in [0.717, 1.165) is 11.1 Å². The van der Waals surface area contributed by atoms with Crippen LogP contribution in [0.5, 0.6) is 0 Å². The maximum atomic E-state index is 11.5. The fraction of sp³-hybridized carbons (Fsp3) is 0.500. The molecule has 0 aliphatic heterocycles. The first kappa shape index (κ1) is 13.2. The normalized spacial score (nSPS) is 11.7. The van der Waals surface area contributed by atoms with E-state index < -0.39 is 9.84 Å². The topological polar surface area (TPSA) is 60.2 Å². The van der Waals surface area contributed by atoms with Crippen LogP contribution < -0.4 is 5.73 Å². The molecule has 0 spiro atoms. The lowest BCUT2D eigenvalue weighted by atomic mass is 10.0. The van der Waals surface area contributed by atoms with Crippen LogP contribution in [0.3, 0.4) is 0 Å². The van der Waals surface area contributed by atoms with Gasteiger partial charge in [-0.15, -0.1) is 0 Å². The molecular weight excluding hydrogens is 222 g/mol. The molecule has 1 aromatic carbocycles. The molecular formula is C12H19NO2S. The van der Waals surface area contributed by atoms with E-state index in [-0.39, 0.29) is 18.1 Å². The Hall–Kier alpha value is -0.870. The Kier molecular flexibility index (Phi) is 4.50. The van der Waals surface area contributed by atoms with Crippen molar-refractivity contribution >= 4 is 9.84 Å². The maximum Gasteiger partial charge on any atom is 0.151 e. The summed E-state index contributed by atoms with van der Waals surface area (Å²) in [4.78, 5) is 0. The predicted molar refractivity (Wildman–Crippen MR) is 67.3 cm³/mol. The Morgan fingerprint density at radius 2 is 1.88 bits per heavy atom. The Morgan fingerprint density at radius 1 is 1.19 bits per heavy atom. The van der Waals surface area contributed by atoms with E-state index in [1.165, 1.54) is 5.56 Å². The predicted octanol–water partition coefficient (Wildman–Crippen LogP) is 1.22. The average Bonchev–Trinajstić information content (AvgIpc) is 2.16. The minimum absolute atomic E-state index is 0.0813. The van der Waals surface area contributed by atoms with Crippen LogP contribution in [0, 0.1) is 13.8 Å². The van der Waals surface area contributed by atoms with Gasteiger partial charge >= 0.3 is 0 Å². The molecule has 0 bridgehead atoms. The number of sulfone groups is 1. The third-order valence-electron chi connectivity index (χ3n) is 2.61. The third-order valence-corrected chi connectivity index (χ3v) is 4.29. The molecule has 2 N–H and O–H groups in total. The van der Waals surface area contributed by atoms with E-state index in [2.05, 4.69) is 6.07 Å². The first-order valence-corrected chi connectivity index (χ1v) is 7.23. The monoisotopic (exact) mass is 241 g/mol. The van der Waals surface area contributed by atoms with Crippen LogP contribution in [0.25, 0.3) is 0 Å². The van der Waals surface area contributed by atoms with Crippen molar-refractivity contribution in [1.82, 2.24) is 0 Å². The van der Waals surface area contributed by atoms with Gasteiger partial charge < -0.3 is 5.73 Å². The minimum Gasteiger partial charge on any atom is -0.329 e. The number of benzene rings is 1. The number of nitrogens with two attached hydrogens (primary N) is 1. The molecule has 0 amide bonds. The molecule has 0 saturated carbocycles. The van der Waals surface area contributed by atoms with Crippen molar-refractivity contribution in [3.63, 3.8) is 0 Å². The summed E-state index contributed by atoms with van der Waals surface area (Å²) in [6.07, 6.45) is 0.578. The summed E-state index contributed by atoms with van der Waals surface area (Å²) in [5, 5.41) is 0. The van der Waals surface area contributed by atoms with Crippen molar-refractivity contribution < 1.29 is 8.42 Å². The molecule has 0 atom stereocenters. The average molecular weight is 241 g/mol. The lowest BCUT2D eigenvalue weighted by Crippen LogP contribution is -2.19. The van der Waals surface area contributed by atoms with E-state index in [0.29, 0.717) is 6.42 Å². The SMILES string of the molecule is Cc1ccc(CCS(=O)(=O)CCN)c(C)c1. The smallest absolute Gasteiger partial charge is 0.151 e. The highest BCUT2D eigenvalue weighted by atomic mass is 32.2. The van der Waals surface area contributed by atoms with Crippen molar-refractivity contribution in [3.8, 4) is 0 Å². The van der Waals surface area contributed by atoms with Gasteiger partial charge in [0.2, 0.25) is 0 Å². The van der Waals surface area contributed by atoms with Gasteiger partial charge in [-0.25, -0.2) is 8.42 Å². The van der Waals surface area contributed by atoms with E-state index in [1.54, 1.807) is 0 Å². The Bertz CT molecular complexity index is 452. The van der Waals surface area contributed by atoms with Gasteiger partial charge in [0.05, 0.1) is 11.5 Å². The summed E-state index contributed by atoms with van der Waals surface area (Å²) in [5.41, 5.74) is 8.71. The summed E-state index contributed by atoms with van der Waals surface area (Å²) in [6, 6.07) is 6.09. The number of hydrogen-bond acceptors (Lipinski definition) is 3. The zero-order valence-corrected chi connectivity index (χ0v) is 10.7. The van der Waals surface area contributed by atoms with Crippen molar-refractivity contribution in [3.05, 3.63) is 34.9 Å². The summed E-state index contributed by atoms with van der Waals surface area (Å²) in [7, 11) is -2.98. The van der Waals surface area contributed by atoms with Gasteiger partial charge in [-0.3, -0.25) is 0 Å². The molecule has 0 saturated heterocycles. The number of rotatable bonds is 5. The van der Waals surface area contributed by atoms with Gasteiger partial charge in [0.25, 0.3) is 0 Å². The second kappa shape index (κ2) is 5.46. The van der Waals surface area contributed by atoms with Crippen molar-refractivity contribution in [2.45, 2.75) is 20.3 Å². The lowest BCUT2D eigenvalue weighted by Gasteiger charge is -2.07. The summed E-state index contributed by atoms with van der Waals surface area (Å²) >= 11 is 0. The van der Waals surface area contributed by atoms with Crippen LogP contribution in [0.4, 0.5) is 0 Å². The Morgan fingerprint density at radius 3 is 2.44 bits per heavy atom. The summed E-state index contributed by atoms with van der Waals surface area (Å²) < 4.78 is 23.0. The van der Waals surface area contributed by atoms with Crippen LogP contribution in [0.2, 0.25) is 0 Å². The van der Waals surface area contributed by atoms with Gasteiger partial charge in [0.1, 0.15) is 0 Å². The van der Waals surface area contributed by atoms with Crippen molar-refractivity contribution in [2.24, 2.45) is 5.73 Å². The molecule has 0 fully saturated rings. The standard InChI is InChI=1S/C12H19NO2S/c1-10-3-4-12(11(2)9-10)5-7-16(14,15)8-6-13/h3-4,9H,5-8,13H2,1-2H3. The molecule has 0 aromatic heterocycles. The van der Waals surface area contributed by atoms with Crippen LogP contribution in [-0.4, -0.2) is 26.5 Å². The Balaban J connectivity index is 2.68. The van der Waals surface area contributed by atoms with Gasteiger partial charge in [-0.1, -0.05) is 23.8 Å². The first-order chi connectivity index (χ1) is 7.44. The fourth-order valence-electron chi connectivity index (χ4n) is 1.67. The quantitative estimate of drug-likeness (QED) is 0.843. The minimum atomic E-state index is -2.98. The van der Waals surface area contributed by atoms with Crippen LogP contribution >= 0.6 is 0 Å². The molecule has 16 heavy (non-hydrogen) atoms. The molecule has 0 aliphatic rings. The molecule has 1 rings (SSSR count). The van der Waals surface area contributed by atoms with E-state index >= 15 is 0 Å². The highest BCUT2D eigenvalue weighted by Gasteiger charge is 2.10. The largest absolute Gasteiger partial charge is 0.329 e. The molecule has 0 unspecified atom stereocenters. The molecule has 3 nitrogen and oxygen atoms in total. The van der Waals surface area contributed by atoms with Crippen molar-refractivity contribution in [1.29, 1.82) is 0 Å². The summed E-state index contributed by atoms with van der Waals surface area (Å²) in [6.45, 7) is 4.25. The number of aryl methyl sites for hydroxylation is 3. The highest BCUT2D eigenvalue weighted by molar-refractivity contribution is 7.91. The van der Waals surface area contributed by atoms with Crippen LogP contribution in [0.15, 0.2) is 18.2 Å². The molecule has 1 aromatic rings.